The summed E-state index contributed by atoms with van der Waals surface area (Å²) in [6.45, 7) is 5.78. The highest BCUT2D eigenvalue weighted by Crippen LogP contribution is 2.26. The van der Waals surface area contributed by atoms with Crippen molar-refractivity contribution >= 4 is 32.4 Å². The Labute approximate surface area is 173 Å². The lowest BCUT2D eigenvalue weighted by atomic mass is 10.0. The molecule has 1 aliphatic heterocycles. The van der Waals surface area contributed by atoms with Crippen LogP contribution in [0.2, 0.25) is 0 Å². The molecule has 0 spiro atoms. The van der Waals surface area contributed by atoms with Gasteiger partial charge in [-0.1, -0.05) is 37.3 Å². The Bertz CT molecular complexity index is 907. The summed E-state index contributed by atoms with van der Waals surface area (Å²) in [5, 5.41) is 15.8. The molecule has 1 fully saturated rings. The Morgan fingerprint density at radius 3 is 2.28 bits per heavy atom. The summed E-state index contributed by atoms with van der Waals surface area (Å²) >= 11 is 1.16. The number of sulfonamides is 1. The second-order valence-electron chi connectivity index (χ2n) is 6.56. The van der Waals surface area contributed by atoms with Gasteiger partial charge in [0.15, 0.2) is 5.13 Å². The van der Waals surface area contributed by atoms with Crippen LogP contribution in [0.1, 0.15) is 35.0 Å². The highest BCUT2D eigenvalue weighted by atomic mass is 32.2. The molecule has 2 heterocycles. The first-order valence-electron chi connectivity index (χ1n) is 8.84. The predicted octanol–water partition coefficient (Wildman–Crippen LogP) is 1.23. The molecular formula is C17H25N5O5S2. The van der Waals surface area contributed by atoms with Crippen molar-refractivity contribution in [2.45, 2.75) is 24.7 Å². The van der Waals surface area contributed by atoms with Crippen LogP contribution in [0, 0.1) is 0 Å². The number of aromatic nitrogens is 1. The fourth-order valence-corrected chi connectivity index (χ4v) is 5.14. The number of carbonyl (C=O) groups excluding carboxylic acids is 1. The van der Waals surface area contributed by atoms with Crippen LogP contribution in [0.3, 0.4) is 0 Å². The normalized spacial score (nSPS) is 15.0. The molecule has 0 atom stereocenters. The molecule has 0 unspecified atom stereocenters. The van der Waals surface area contributed by atoms with E-state index in [1.54, 1.807) is 17.6 Å². The molecule has 0 bridgehead atoms. The Hall–Kier alpha value is -2.09. The number of hydrogen-bond donors (Lipinski definition) is 4. The minimum absolute atomic E-state index is 0.299. The first-order valence-corrected chi connectivity index (χ1v) is 11.1. The fraction of sp³-hybridized carbons (Fsp3) is 0.412. The van der Waals surface area contributed by atoms with Gasteiger partial charge in [-0.15, -0.1) is 0 Å². The molecule has 0 saturated carbocycles. The average molecular weight is 444 g/mol. The summed E-state index contributed by atoms with van der Waals surface area (Å²) in [5.41, 5.74) is 2.68. The van der Waals surface area contributed by atoms with Gasteiger partial charge in [0.2, 0.25) is 10.0 Å². The van der Waals surface area contributed by atoms with E-state index in [1.807, 2.05) is 17.0 Å². The van der Waals surface area contributed by atoms with Crippen molar-refractivity contribution in [2.75, 3.05) is 31.1 Å². The lowest BCUT2D eigenvalue weighted by molar-refractivity contribution is 0.0710. The van der Waals surface area contributed by atoms with Crippen LogP contribution >= 0.6 is 11.3 Å². The van der Waals surface area contributed by atoms with Gasteiger partial charge in [-0.2, -0.15) is 4.31 Å². The number of nitrogens with two attached hydrogens (primary N) is 1. The first-order chi connectivity index (χ1) is 13.8. The minimum Gasteiger partial charge on any atom is -0.345 e. The maximum absolute atomic E-state index is 12.9. The van der Waals surface area contributed by atoms with Gasteiger partial charge in [-0.05, 0) is 23.6 Å². The summed E-state index contributed by atoms with van der Waals surface area (Å²) in [7, 11) is -3.53. The van der Waals surface area contributed by atoms with Crippen molar-refractivity contribution in [2.24, 2.45) is 5.90 Å². The molecule has 5 N–H and O–H groups in total. The number of thiazole rings is 1. The van der Waals surface area contributed by atoms with Crippen molar-refractivity contribution in [3.8, 4) is 0 Å². The van der Waals surface area contributed by atoms with E-state index in [0.29, 0.717) is 47.0 Å². The summed E-state index contributed by atoms with van der Waals surface area (Å²) in [6.07, 6.45) is 1.39. The molecule has 10 nitrogen and oxygen atoms in total. The molecule has 12 heteroatoms. The third-order valence-electron chi connectivity index (χ3n) is 4.51. The molecule has 0 aliphatic carbocycles. The van der Waals surface area contributed by atoms with E-state index in [9.17, 15) is 13.2 Å². The molecule has 3 rings (SSSR count). The van der Waals surface area contributed by atoms with Gasteiger partial charge in [0.05, 0.1) is 11.1 Å². The Morgan fingerprint density at radius 1 is 1.17 bits per heavy atom. The maximum Gasteiger partial charge on any atom is 0.286 e. The van der Waals surface area contributed by atoms with Crippen molar-refractivity contribution in [1.29, 1.82) is 0 Å². The van der Waals surface area contributed by atoms with Crippen molar-refractivity contribution < 1.29 is 23.6 Å². The third-order valence-corrected chi connectivity index (χ3v) is 7.48. The summed E-state index contributed by atoms with van der Waals surface area (Å²) in [6, 6.07) is 7.05. The minimum atomic E-state index is -3.53. The SMILES string of the molecule is CC(C)c1ccc(S(=O)(=O)N2CCN(c3ncc(C(=O)NO)s3)CC2)cc1.NO. The summed E-state index contributed by atoms with van der Waals surface area (Å²) in [4.78, 5) is 18.1. The molecule has 1 aliphatic rings. The van der Waals surface area contributed by atoms with Gasteiger partial charge in [-0.25, -0.2) is 24.8 Å². The van der Waals surface area contributed by atoms with Gasteiger partial charge < -0.3 is 10.1 Å². The van der Waals surface area contributed by atoms with Gasteiger partial charge in [-0.3, -0.25) is 10.0 Å². The number of nitrogens with one attached hydrogen (secondary N) is 1. The van der Waals surface area contributed by atoms with Crippen LogP contribution in [0.4, 0.5) is 5.13 Å². The van der Waals surface area contributed by atoms with Gasteiger partial charge in [0.1, 0.15) is 4.88 Å². The molecule has 160 valence electrons. The molecule has 2 aromatic rings. The maximum atomic E-state index is 12.9. The predicted molar refractivity (Wildman–Crippen MR) is 109 cm³/mol. The van der Waals surface area contributed by atoms with Gasteiger partial charge in [0.25, 0.3) is 5.91 Å². The van der Waals surface area contributed by atoms with Crippen molar-refractivity contribution in [1.82, 2.24) is 14.8 Å². The lowest BCUT2D eigenvalue weighted by Gasteiger charge is -2.33. The molecule has 1 saturated heterocycles. The smallest absolute Gasteiger partial charge is 0.286 e. The molecule has 1 aromatic carbocycles. The van der Waals surface area contributed by atoms with E-state index in [0.717, 1.165) is 16.9 Å². The number of piperazine rings is 1. The zero-order valence-corrected chi connectivity index (χ0v) is 17.8. The number of hydroxylamine groups is 1. The number of nitrogens with zero attached hydrogens (tertiary/aromatic N) is 3. The number of amides is 1. The van der Waals surface area contributed by atoms with Gasteiger partial charge in [0, 0.05) is 26.2 Å². The average Bonchev–Trinajstić information content (AvgIpc) is 3.25. The van der Waals surface area contributed by atoms with E-state index in [-0.39, 0.29) is 0 Å². The molecule has 1 amide bonds. The number of benzene rings is 1. The van der Waals surface area contributed by atoms with Crippen LogP contribution in [0.15, 0.2) is 35.4 Å². The molecule has 1 aromatic heterocycles. The van der Waals surface area contributed by atoms with E-state index in [2.05, 4.69) is 24.7 Å². The van der Waals surface area contributed by atoms with Crippen LogP contribution in [0.5, 0.6) is 0 Å². The van der Waals surface area contributed by atoms with Crippen LogP contribution in [-0.2, 0) is 10.0 Å². The quantitative estimate of drug-likeness (QED) is 0.398. The lowest BCUT2D eigenvalue weighted by Crippen LogP contribution is -2.48. The standard InChI is InChI=1S/C17H22N4O4S2.H3NO/c1-12(2)13-3-5-14(6-4-13)27(24,25)21-9-7-20(8-10-21)17-18-11-15(26-17)16(22)19-23;1-2/h3-6,11-12,23H,7-10H2,1-2H3,(H,19,22);2H,1H2. The largest absolute Gasteiger partial charge is 0.345 e. The van der Waals surface area contributed by atoms with Crippen LogP contribution in [-0.4, -0.2) is 60.2 Å². The summed E-state index contributed by atoms with van der Waals surface area (Å²) in [5.74, 6) is 3.24. The topological polar surface area (TPSA) is 149 Å². The third kappa shape index (κ3) is 5.29. The van der Waals surface area contributed by atoms with Crippen LogP contribution in [0.25, 0.3) is 0 Å². The first kappa shape index (κ1) is 23.2. The Kier molecular flexibility index (Phi) is 8.07. The highest BCUT2D eigenvalue weighted by Gasteiger charge is 2.29. The molecule has 0 radical (unpaired) electrons. The van der Waals surface area contributed by atoms with Crippen LogP contribution < -0.4 is 16.3 Å². The molecular weight excluding hydrogens is 418 g/mol. The Balaban J connectivity index is 0.00000145. The number of carbonyl (C=O) groups is 1. The number of hydrogen-bond acceptors (Lipinski definition) is 9. The number of rotatable bonds is 5. The van der Waals surface area contributed by atoms with Crippen molar-refractivity contribution in [3.63, 3.8) is 0 Å². The molecule has 29 heavy (non-hydrogen) atoms. The second-order valence-corrected chi connectivity index (χ2v) is 9.51. The zero-order chi connectivity index (χ0) is 21.6. The zero-order valence-electron chi connectivity index (χ0n) is 16.1. The van der Waals surface area contributed by atoms with E-state index < -0.39 is 15.9 Å². The highest BCUT2D eigenvalue weighted by molar-refractivity contribution is 7.89. The van der Waals surface area contributed by atoms with E-state index in [4.69, 9.17) is 10.4 Å². The monoisotopic (exact) mass is 443 g/mol. The second kappa shape index (κ2) is 10.1. The van der Waals surface area contributed by atoms with E-state index >= 15 is 0 Å². The van der Waals surface area contributed by atoms with Crippen molar-refractivity contribution in [3.05, 3.63) is 40.9 Å². The Morgan fingerprint density at radius 2 is 1.76 bits per heavy atom. The van der Waals surface area contributed by atoms with Gasteiger partial charge >= 0.3 is 0 Å². The fourth-order valence-electron chi connectivity index (χ4n) is 2.86. The summed E-state index contributed by atoms with van der Waals surface area (Å²) < 4.78 is 27.2. The van der Waals surface area contributed by atoms with E-state index in [1.165, 1.54) is 10.5 Å². The number of anilines is 1.